The summed E-state index contributed by atoms with van der Waals surface area (Å²) in [4.78, 5) is 21.8. The molecule has 3 heterocycles. The molecule has 0 radical (unpaired) electrons. The van der Waals surface area contributed by atoms with Crippen LogP contribution in [0.2, 0.25) is 0 Å². The van der Waals surface area contributed by atoms with Crippen molar-refractivity contribution in [1.82, 2.24) is 15.2 Å². The molecule has 1 aromatic heterocycles. The number of hydrogen-bond donors (Lipinski definition) is 1. The van der Waals surface area contributed by atoms with Gasteiger partial charge in [0.05, 0.1) is 10.9 Å². The van der Waals surface area contributed by atoms with E-state index >= 15 is 0 Å². The normalized spacial score (nSPS) is 25.0. The van der Waals surface area contributed by atoms with E-state index in [9.17, 15) is 17.6 Å². The molecule has 174 valence electrons. The van der Waals surface area contributed by atoms with Crippen LogP contribution in [0.25, 0.3) is 0 Å². The Bertz CT molecular complexity index is 1010. The van der Waals surface area contributed by atoms with Crippen LogP contribution in [0, 0.1) is 0 Å². The Morgan fingerprint density at radius 1 is 1.19 bits per heavy atom. The van der Waals surface area contributed by atoms with Gasteiger partial charge in [-0.05, 0) is 43.4 Å². The highest BCUT2D eigenvalue weighted by Gasteiger charge is 2.38. The van der Waals surface area contributed by atoms with Gasteiger partial charge < -0.3 is 15.1 Å². The molecule has 32 heavy (non-hydrogen) atoms. The molecule has 1 aliphatic carbocycles. The Kier molecular flexibility index (Phi) is 6.55. The standard InChI is InChI=1S/C23H31FN4O3S/c1-3-16-4-7-22(25-15-16)27-11-8-17(9-12-27)28-13-10-21(23(28)29)26-20-6-5-18(14-19(20)24)32(2,30)31/h4-7,15,17-18,21,26H,3,8-14H2,1-2H3. The van der Waals surface area contributed by atoms with Crippen LogP contribution >= 0.6 is 0 Å². The highest BCUT2D eigenvalue weighted by molar-refractivity contribution is 7.91. The van der Waals surface area contributed by atoms with Gasteiger partial charge in [0, 0.05) is 44.5 Å². The highest BCUT2D eigenvalue weighted by Crippen LogP contribution is 2.27. The summed E-state index contributed by atoms with van der Waals surface area (Å²) in [5.41, 5.74) is 1.44. The molecule has 4 rings (SSSR count). The molecule has 0 saturated carbocycles. The van der Waals surface area contributed by atoms with E-state index in [1.807, 2.05) is 11.1 Å². The number of pyridine rings is 1. The smallest absolute Gasteiger partial charge is 0.245 e. The van der Waals surface area contributed by atoms with Crippen molar-refractivity contribution in [3.8, 4) is 0 Å². The van der Waals surface area contributed by atoms with Gasteiger partial charge in [-0.2, -0.15) is 0 Å². The zero-order chi connectivity index (χ0) is 22.9. The SMILES string of the molecule is CCc1ccc(N2CCC(N3CCC(NC4=C(F)CC(S(C)(=O)=O)C=C4)C3=O)CC2)nc1. The molecule has 3 aliphatic rings. The molecule has 1 aromatic rings. The maximum Gasteiger partial charge on any atom is 0.245 e. The monoisotopic (exact) mass is 462 g/mol. The number of anilines is 1. The summed E-state index contributed by atoms with van der Waals surface area (Å²) < 4.78 is 37.8. The molecule has 2 unspecified atom stereocenters. The summed E-state index contributed by atoms with van der Waals surface area (Å²) in [6.45, 7) is 4.45. The first-order valence-corrected chi connectivity index (χ1v) is 13.2. The summed E-state index contributed by atoms with van der Waals surface area (Å²) in [6, 6.07) is 3.88. The number of aryl methyl sites for hydroxylation is 1. The average molecular weight is 463 g/mol. The minimum Gasteiger partial charge on any atom is -0.372 e. The van der Waals surface area contributed by atoms with E-state index in [-0.39, 0.29) is 24.1 Å². The Morgan fingerprint density at radius 3 is 2.53 bits per heavy atom. The van der Waals surface area contributed by atoms with Crippen LogP contribution in [0.5, 0.6) is 0 Å². The van der Waals surface area contributed by atoms with Gasteiger partial charge in [-0.25, -0.2) is 17.8 Å². The minimum atomic E-state index is -3.34. The summed E-state index contributed by atoms with van der Waals surface area (Å²) >= 11 is 0. The number of aromatic nitrogens is 1. The van der Waals surface area contributed by atoms with E-state index in [1.54, 1.807) is 0 Å². The van der Waals surface area contributed by atoms with E-state index < -0.39 is 27.0 Å². The zero-order valence-electron chi connectivity index (χ0n) is 18.6. The molecule has 1 amide bonds. The fraction of sp³-hybridized carbons (Fsp3) is 0.565. The van der Waals surface area contributed by atoms with Crippen LogP contribution in [-0.2, 0) is 21.1 Å². The first-order chi connectivity index (χ1) is 15.3. The van der Waals surface area contributed by atoms with Crippen molar-refractivity contribution < 1.29 is 17.6 Å². The number of carbonyl (C=O) groups excluding carboxylic acids is 1. The number of likely N-dealkylation sites (tertiary alicyclic amines) is 1. The van der Waals surface area contributed by atoms with Crippen molar-refractivity contribution in [1.29, 1.82) is 0 Å². The predicted molar refractivity (Wildman–Crippen MR) is 123 cm³/mol. The predicted octanol–water partition coefficient (Wildman–Crippen LogP) is 2.36. The summed E-state index contributed by atoms with van der Waals surface area (Å²) in [6.07, 6.45) is 9.13. The van der Waals surface area contributed by atoms with Crippen LogP contribution in [0.4, 0.5) is 10.2 Å². The third-order valence-corrected chi connectivity index (χ3v) is 8.14. The van der Waals surface area contributed by atoms with Crippen LogP contribution in [0.3, 0.4) is 0 Å². The summed E-state index contributed by atoms with van der Waals surface area (Å²) in [7, 11) is -3.34. The quantitative estimate of drug-likeness (QED) is 0.699. The maximum atomic E-state index is 14.5. The second kappa shape index (κ2) is 9.21. The van der Waals surface area contributed by atoms with Crippen LogP contribution in [0.15, 0.2) is 42.0 Å². The number of amides is 1. The van der Waals surface area contributed by atoms with E-state index in [4.69, 9.17) is 0 Å². The second-order valence-electron chi connectivity index (χ2n) is 8.86. The number of nitrogens with one attached hydrogen (secondary N) is 1. The largest absolute Gasteiger partial charge is 0.372 e. The lowest BCUT2D eigenvalue weighted by atomic mass is 10.0. The summed E-state index contributed by atoms with van der Waals surface area (Å²) in [5, 5.41) is 2.17. The lowest BCUT2D eigenvalue weighted by Gasteiger charge is -2.37. The van der Waals surface area contributed by atoms with Crippen LogP contribution in [-0.4, -0.2) is 67.4 Å². The number of nitrogens with zero attached hydrogens (tertiary/aromatic N) is 3. The third-order valence-electron chi connectivity index (χ3n) is 6.72. The number of piperidine rings is 1. The van der Waals surface area contributed by atoms with E-state index in [2.05, 4.69) is 34.3 Å². The molecule has 0 bridgehead atoms. The van der Waals surface area contributed by atoms with Gasteiger partial charge in [-0.1, -0.05) is 19.1 Å². The molecular weight excluding hydrogens is 431 g/mol. The Morgan fingerprint density at radius 2 is 1.94 bits per heavy atom. The number of rotatable bonds is 6. The first kappa shape index (κ1) is 22.8. The van der Waals surface area contributed by atoms with E-state index in [1.165, 1.54) is 17.7 Å². The molecule has 2 aliphatic heterocycles. The lowest BCUT2D eigenvalue weighted by molar-refractivity contribution is -0.131. The molecular formula is C23H31FN4O3S. The molecule has 2 atom stereocenters. The second-order valence-corrected chi connectivity index (χ2v) is 11.1. The van der Waals surface area contributed by atoms with Crippen molar-refractivity contribution in [2.45, 2.75) is 56.4 Å². The molecule has 2 fully saturated rings. The molecule has 9 heteroatoms. The topological polar surface area (TPSA) is 82.6 Å². The fourth-order valence-electron chi connectivity index (χ4n) is 4.67. The molecule has 2 saturated heterocycles. The van der Waals surface area contributed by atoms with Gasteiger partial charge in [0.25, 0.3) is 0 Å². The van der Waals surface area contributed by atoms with Gasteiger partial charge in [0.2, 0.25) is 5.91 Å². The highest BCUT2D eigenvalue weighted by atomic mass is 32.2. The number of sulfone groups is 1. The first-order valence-electron chi connectivity index (χ1n) is 11.3. The van der Waals surface area contributed by atoms with Gasteiger partial charge in [0.15, 0.2) is 9.84 Å². The molecule has 1 N–H and O–H groups in total. The van der Waals surface area contributed by atoms with Crippen molar-refractivity contribution >= 4 is 21.6 Å². The Labute approximate surface area is 189 Å². The van der Waals surface area contributed by atoms with Crippen molar-refractivity contribution in [3.63, 3.8) is 0 Å². The van der Waals surface area contributed by atoms with E-state index in [0.29, 0.717) is 13.0 Å². The van der Waals surface area contributed by atoms with Crippen LogP contribution in [0.1, 0.15) is 38.2 Å². The average Bonchev–Trinajstić information content (AvgIpc) is 3.14. The Balaban J connectivity index is 1.32. The number of hydrogen-bond acceptors (Lipinski definition) is 6. The van der Waals surface area contributed by atoms with Gasteiger partial charge in [-0.15, -0.1) is 0 Å². The van der Waals surface area contributed by atoms with Crippen molar-refractivity contribution in [2.24, 2.45) is 0 Å². The summed E-state index contributed by atoms with van der Waals surface area (Å²) in [5.74, 6) is 0.462. The zero-order valence-corrected chi connectivity index (χ0v) is 19.4. The number of halogens is 1. The van der Waals surface area contributed by atoms with Crippen molar-refractivity contribution in [2.75, 3.05) is 30.8 Å². The Hall–Kier alpha value is -2.42. The van der Waals surface area contributed by atoms with Gasteiger partial charge >= 0.3 is 0 Å². The van der Waals surface area contributed by atoms with Gasteiger partial charge in [0.1, 0.15) is 17.7 Å². The third kappa shape index (κ3) is 4.82. The fourth-order valence-corrected chi connectivity index (χ4v) is 5.49. The lowest BCUT2D eigenvalue weighted by Crippen LogP contribution is -2.48. The molecule has 7 nitrogen and oxygen atoms in total. The number of allylic oxidation sites excluding steroid dienone is 2. The van der Waals surface area contributed by atoms with Crippen LogP contribution < -0.4 is 10.2 Å². The molecule has 0 spiro atoms. The minimum absolute atomic E-state index is 0.00666. The van der Waals surface area contributed by atoms with E-state index in [0.717, 1.165) is 44.4 Å². The molecule has 0 aromatic carbocycles. The maximum absolute atomic E-state index is 14.5. The van der Waals surface area contributed by atoms with Gasteiger partial charge in [-0.3, -0.25) is 4.79 Å². The van der Waals surface area contributed by atoms with Crippen molar-refractivity contribution in [3.05, 3.63) is 47.6 Å². The number of carbonyl (C=O) groups is 1.